The van der Waals surface area contributed by atoms with Gasteiger partial charge in [0.05, 0.1) is 12.1 Å². The van der Waals surface area contributed by atoms with Crippen LogP contribution in [0.1, 0.15) is 12.5 Å². The van der Waals surface area contributed by atoms with E-state index in [1.165, 1.54) is 0 Å². The second-order valence-corrected chi connectivity index (χ2v) is 5.72. The summed E-state index contributed by atoms with van der Waals surface area (Å²) in [4.78, 5) is 24.0. The van der Waals surface area contributed by atoms with Crippen molar-refractivity contribution < 1.29 is 14.3 Å². The summed E-state index contributed by atoms with van der Waals surface area (Å²) in [6.45, 7) is 1.67. The van der Waals surface area contributed by atoms with E-state index < -0.39 is 6.10 Å². The molecule has 1 atom stereocenters. The average molecular weight is 331 g/mol. The molecule has 0 saturated heterocycles. The fourth-order valence-corrected chi connectivity index (χ4v) is 2.44. The zero-order valence-corrected chi connectivity index (χ0v) is 13.2. The topological polar surface area (TPSA) is 67.4 Å². The van der Waals surface area contributed by atoms with Crippen molar-refractivity contribution >= 4 is 34.8 Å². The fraction of sp³-hybridized carbons (Fsp3) is 0.176. The Bertz CT molecular complexity index is 759. The zero-order valence-electron chi connectivity index (χ0n) is 12.4. The number of anilines is 2. The first-order valence-corrected chi connectivity index (χ1v) is 7.55. The highest BCUT2D eigenvalue weighted by Gasteiger charge is 2.25. The maximum Gasteiger partial charge on any atom is 0.265 e. The average Bonchev–Trinajstić information content (AvgIpc) is 2.51. The number of nitrogens with one attached hydrogen (secondary N) is 2. The molecule has 1 heterocycles. The molecule has 0 saturated carbocycles. The summed E-state index contributed by atoms with van der Waals surface area (Å²) in [6.07, 6.45) is -0.339. The minimum absolute atomic E-state index is 0.186. The summed E-state index contributed by atoms with van der Waals surface area (Å²) in [5, 5.41) is 6.19. The van der Waals surface area contributed by atoms with Crippen molar-refractivity contribution in [3.63, 3.8) is 0 Å². The predicted molar refractivity (Wildman–Crippen MR) is 88.9 cm³/mol. The molecule has 23 heavy (non-hydrogen) atoms. The van der Waals surface area contributed by atoms with Gasteiger partial charge in [0.1, 0.15) is 11.4 Å². The molecule has 0 aliphatic carbocycles. The lowest BCUT2D eigenvalue weighted by atomic mass is 10.1. The van der Waals surface area contributed by atoms with Gasteiger partial charge in [0.2, 0.25) is 5.91 Å². The van der Waals surface area contributed by atoms with E-state index in [1.807, 2.05) is 0 Å². The number of fused-ring (bicyclic) bond motifs is 1. The largest absolute Gasteiger partial charge is 0.479 e. The second kappa shape index (κ2) is 6.30. The minimum Gasteiger partial charge on any atom is -0.479 e. The molecule has 0 fully saturated rings. The molecule has 0 radical (unpaired) electrons. The van der Waals surface area contributed by atoms with Crippen LogP contribution in [0.15, 0.2) is 42.5 Å². The van der Waals surface area contributed by atoms with E-state index in [1.54, 1.807) is 49.4 Å². The van der Waals surface area contributed by atoms with Gasteiger partial charge in [-0.2, -0.15) is 0 Å². The number of benzene rings is 2. The molecule has 3 rings (SSSR count). The molecule has 2 aromatic rings. The maximum atomic E-state index is 12.2. The van der Waals surface area contributed by atoms with Crippen molar-refractivity contribution in [3.8, 4) is 5.75 Å². The van der Waals surface area contributed by atoms with Gasteiger partial charge in [-0.3, -0.25) is 9.59 Å². The monoisotopic (exact) mass is 330 g/mol. The van der Waals surface area contributed by atoms with Gasteiger partial charge in [-0.05, 0) is 36.8 Å². The van der Waals surface area contributed by atoms with E-state index in [0.717, 1.165) is 5.56 Å². The molecule has 1 unspecified atom stereocenters. The number of ether oxygens (including phenoxy) is 1. The van der Waals surface area contributed by atoms with Crippen LogP contribution in [0.4, 0.5) is 11.4 Å². The molecule has 5 nitrogen and oxygen atoms in total. The van der Waals surface area contributed by atoms with E-state index in [9.17, 15) is 9.59 Å². The lowest BCUT2D eigenvalue weighted by molar-refractivity contribution is -0.122. The van der Waals surface area contributed by atoms with Gasteiger partial charge in [0, 0.05) is 5.02 Å². The molecular formula is C17H15ClN2O3. The summed E-state index contributed by atoms with van der Waals surface area (Å²) in [7, 11) is 0. The molecule has 0 spiro atoms. The zero-order chi connectivity index (χ0) is 16.4. The molecule has 2 amide bonds. The van der Waals surface area contributed by atoms with Gasteiger partial charge in [-0.25, -0.2) is 0 Å². The van der Waals surface area contributed by atoms with Crippen molar-refractivity contribution in [1.29, 1.82) is 0 Å². The van der Waals surface area contributed by atoms with Crippen LogP contribution in [0.5, 0.6) is 5.75 Å². The molecule has 2 N–H and O–H groups in total. The highest BCUT2D eigenvalue weighted by molar-refractivity contribution is 6.30. The van der Waals surface area contributed by atoms with E-state index in [0.29, 0.717) is 22.1 Å². The van der Waals surface area contributed by atoms with Gasteiger partial charge >= 0.3 is 0 Å². The van der Waals surface area contributed by atoms with Crippen LogP contribution in [-0.2, 0) is 16.0 Å². The van der Waals surface area contributed by atoms with Crippen molar-refractivity contribution in [2.24, 2.45) is 0 Å². The molecule has 1 aliphatic rings. The van der Waals surface area contributed by atoms with Gasteiger partial charge in [0.25, 0.3) is 5.91 Å². The Balaban J connectivity index is 1.75. The first-order valence-electron chi connectivity index (χ1n) is 7.18. The molecule has 2 aromatic carbocycles. The third kappa shape index (κ3) is 3.46. The van der Waals surface area contributed by atoms with Crippen LogP contribution in [-0.4, -0.2) is 17.9 Å². The van der Waals surface area contributed by atoms with E-state index >= 15 is 0 Å². The van der Waals surface area contributed by atoms with Gasteiger partial charge in [0.15, 0.2) is 6.10 Å². The Kier molecular flexibility index (Phi) is 4.21. The third-order valence-corrected chi connectivity index (χ3v) is 3.75. The third-order valence-electron chi connectivity index (χ3n) is 3.50. The number of hydrogen-bond acceptors (Lipinski definition) is 3. The number of halogens is 1. The number of amides is 2. The first kappa shape index (κ1) is 15.4. The van der Waals surface area contributed by atoms with Crippen LogP contribution < -0.4 is 15.4 Å². The summed E-state index contributed by atoms with van der Waals surface area (Å²) in [5.74, 6) is 0.117. The molecule has 1 aliphatic heterocycles. The highest BCUT2D eigenvalue weighted by Crippen LogP contribution is 2.36. The smallest absolute Gasteiger partial charge is 0.265 e. The highest BCUT2D eigenvalue weighted by atomic mass is 35.5. The van der Waals surface area contributed by atoms with Crippen molar-refractivity contribution in [1.82, 2.24) is 0 Å². The van der Waals surface area contributed by atoms with Crippen LogP contribution in [0.3, 0.4) is 0 Å². The van der Waals surface area contributed by atoms with Crippen LogP contribution in [0.25, 0.3) is 0 Å². The normalized spacial score (nSPS) is 16.1. The Labute approximate surface area is 138 Å². The summed E-state index contributed by atoms with van der Waals surface area (Å²) >= 11 is 5.83. The van der Waals surface area contributed by atoms with E-state index in [2.05, 4.69) is 10.6 Å². The van der Waals surface area contributed by atoms with Gasteiger partial charge in [-0.1, -0.05) is 29.8 Å². The number of carbonyl (C=O) groups is 2. The molecular weight excluding hydrogens is 316 g/mol. The Hall–Kier alpha value is -2.53. The molecule has 118 valence electrons. The summed E-state index contributed by atoms with van der Waals surface area (Å²) in [6, 6.07) is 12.3. The predicted octanol–water partition coefficient (Wildman–Crippen LogP) is 3.24. The number of hydrogen-bond donors (Lipinski definition) is 2. The quantitative estimate of drug-likeness (QED) is 0.907. The lowest BCUT2D eigenvalue weighted by Gasteiger charge is -2.25. The first-order chi connectivity index (χ1) is 11.0. The standard InChI is InChI=1S/C17H15ClN2O3/c1-10-17(22)20-16-13(3-2-4-14(16)23-10)19-15(21)9-11-5-7-12(18)8-6-11/h2-8,10H,9H2,1H3,(H,19,21)(H,20,22). The second-order valence-electron chi connectivity index (χ2n) is 5.28. The van der Waals surface area contributed by atoms with Crippen LogP contribution in [0, 0.1) is 0 Å². The van der Waals surface area contributed by atoms with Crippen LogP contribution in [0.2, 0.25) is 5.02 Å². The Morgan fingerprint density at radius 2 is 2.00 bits per heavy atom. The van der Waals surface area contributed by atoms with Gasteiger partial charge < -0.3 is 15.4 Å². The summed E-state index contributed by atoms with van der Waals surface area (Å²) in [5.41, 5.74) is 1.85. The minimum atomic E-state index is -0.553. The Morgan fingerprint density at radius 3 is 2.74 bits per heavy atom. The number of rotatable bonds is 3. The van der Waals surface area contributed by atoms with E-state index in [4.69, 9.17) is 16.3 Å². The van der Waals surface area contributed by atoms with Crippen molar-refractivity contribution in [2.75, 3.05) is 10.6 Å². The number of carbonyl (C=O) groups excluding carboxylic acids is 2. The van der Waals surface area contributed by atoms with Crippen molar-refractivity contribution in [3.05, 3.63) is 53.1 Å². The van der Waals surface area contributed by atoms with Crippen molar-refractivity contribution in [2.45, 2.75) is 19.4 Å². The molecule has 6 heteroatoms. The summed E-state index contributed by atoms with van der Waals surface area (Å²) < 4.78 is 5.52. The fourth-order valence-electron chi connectivity index (χ4n) is 2.31. The lowest BCUT2D eigenvalue weighted by Crippen LogP contribution is -2.35. The van der Waals surface area contributed by atoms with Gasteiger partial charge in [-0.15, -0.1) is 0 Å². The number of para-hydroxylation sites is 1. The van der Waals surface area contributed by atoms with E-state index in [-0.39, 0.29) is 18.2 Å². The SMILES string of the molecule is CC1Oc2cccc(NC(=O)Cc3ccc(Cl)cc3)c2NC1=O. The molecule has 0 bridgehead atoms. The molecule has 0 aromatic heterocycles. The Morgan fingerprint density at radius 1 is 1.26 bits per heavy atom. The maximum absolute atomic E-state index is 12.2. The van der Waals surface area contributed by atoms with Crippen LogP contribution >= 0.6 is 11.6 Å².